The van der Waals surface area contributed by atoms with E-state index in [2.05, 4.69) is 57.4 Å². The second kappa shape index (κ2) is 6.91. The Balaban J connectivity index is 2.40. The van der Waals surface area contributed by atoms with Crippen LogP contribution in [0.5, 0.6) is 0 Å². The highest BCUT2D eigenvalue weighted by molar-refractivity contribution is 5.22. The van der Waals surface area contributed by atoms with E-state index >= 15 is 0 Å². The number of nitrogens with two attached hydrogens (primary N) is 1. The van der Waals surface area contributed by atoms with Crippen LogP contribution in [0, 0.1) is 12.3 Å². The lowest BCUT2D eigenvalue weighted by Crippen LogP contribution is -2.36. The third-order valence-electron chi connectivity index (χ3n) is 3.34. The third kappa shape index (κ3) is 6.18. The van der Waals surface area contributed by atoms with E-state index in [0.29, 0.717) is 11.5 Å². The predicted molar refractivity (Wildman–Crippen MR) is 79.3 cm³/mol. The van der Waals surface area contributed by atoms with Crippen LogP contribution in [0.25, 0.3) is 0 Å². The molecule has 0 saturated carbocycles. The Labute approximate surface area is 112 Å². The minimum Gasteiger partial charge on any atom is -0.271 e. The van der Waals surface area contributed by atoms with Gasteiger partial charge in [-0.1, -0.05) is 50.6 Å². The van der Waals surface area contributed by atoms with Crippen molar-refractivity contribution >= 4 is 0 Å². The average molecular weight is 248 g/mol. The summed E-state index contributed by atoms with van der Waals surface area (Å²) < 4.78 is 0. The monoisotopic (exact) mass is 248 g/mol. The maximum absolute atomic E-state index is 5.65. The molecule has 0 radical (unpaired) electrons. The van der Waals surface area contributed by atoms with E-state index in [-0.39, 0.29) is 0 Å². The Hall–Kier alpha value is -0.860. The summed E-state index contributed by atoms with van der Waals surface area (Å²) in [7, 11) is 0. The molecule has 0 saturated heterocycles. The molecule has 1 unspecified atom stereocenters. The molecule has 3 N–H and O–H groups in total. The molecule has 0 aliphatic carbocycles. The molecular weight excluding hydrogens is 220 g/mol. The molecule has 2 heteroatoms. The fraction of sp³-hybridized carbons (Fsp3) is 0.625. The van der Waals surface area contributed by atoms with Gasteiger partial charge in [0.15, 0.2) is 0 Å². The van der Waals surface area contributed by atoms with E-state index in [0.717, 1.165) is 19.3 Å². The first-order valence-corrected chi connectivity index (χ1v) is 6.92. The highest BCUT2D eigenvalue weighted by Crippen LogP contribution is 2.22. The molecular formula is C16H28N2. The molecule has 2 nitrogen and oxygen atoms in total. The van der Waals surface area contributed by atoms with Crippen LogP contribution in [-0.2, 0) is 6.42 Å². The minimum atomic E-state index is 0.387. The van der Waals surface area contributed by atoms with Gasteiger partial charge < -0.3 is 0 Å². The Morgan fingerprint density at radius 3 is 2.50 bits per heavy atom. The zero-order chi connectivity index (χ0) is 13.6. The SMILES string of the molecule is Cc1cccc(CCC(CCC(C)(C)C)NN)c1. The Morgan fingerprint density at radius 2 is 1.94 bits per heavy atom. The van der Waals surface area contributed by atoms with E-state index in [4.69, 9.17) is 5.84 Å². The quantitative estimate of drug-likeness (QED) is 0.596. The summed E-state index contributed by atoms with van der Waals surface area (Å²) in [6, 6.07) is 9.15. The summed E-state index contributed by atoms with van der Waals surface area (Å²) in [5, 5.41) is 0. The molecule has 102 valence electrons. The van der Waals surface area contributed by atoms with Gasteiger partial charge in [-0.05, 0) is 43.6 Å². The number of nitrogens with one attached hydrogen (secondary N) is 1. The third-order valence-corrected chi connectivity index (χ3v) is 3.34. The molecule has 0 spiro atoms. The molecule has 1 aromatic rings. The first kappa shape index (κ1) is 15.2. The minimum absolute atomic E-state index is 0.387. The average Bonchev–Trinajstić information content (AvgIpc) is 2.28. The van der Waals surface area contributed by atoms with Crippen LogP contribution in [0.1, 0.15) is 51.2 Å². The second-order valence-corrected chi connectivity index (χ2v) is 6.49. The number of hydrazine groups is 1. The molecule has 0 amide bonds. The normalized spacial score (nSPS) is 13.6. The van der Waals surface area contributed by atoms with Crippen LogP contribution >= 0.6 is 0 Å². The van der Waals surface area contributed by atoms with Crippen molar-refractivity contribution in [3.05, 3.63) is 35.4 Å². The molecule has 1 atom stereocenters. The van der Waals surface area contributed by atoms with Crippen LogP contribution in [0.15, 0.2) is 24.3 Å². The van der Waals surface area contributed by atoms with Crippen molar-refractivity contribution in [3.8, 4) is 0 Å². The highest BCUT2D eigenvalue weighted by Gasteiger charge is 2.14. The van der Waals surface area contributed by atoms with Crippen molar-refractivity contribution in [3.63, 3.8) is 0 Å². The molecule has 1 rings (SSSR count). The van der Waals surface area contributed by atoms with Gasteiger partial charge in [0, 0.05) is 6.04 Å². The van der Waals surface area contributed by atoms with Crippen molar-refractivity contribution < 1.29 is 0 Å². The fourth-order valence-corrected chi connectivity index (χ4v) is 2.13. The standard InChI is InChI=1S/C16H28N2/c1-13-6-5-7-14(12-13)8-9-15(18-17)10-11-16(2,3)4/h5-7,12,15,18H,8-11,17H2,1-4H3. The van der Waals surface area contributed by atoms with Gasteiger partial charge in [-0.3, -0.25) is 11.3 Å². The van der Waals surface area contributed by atoms with Crippen molar-refractivity contribution in [1.29, 1.82) is 0 Å². The lowest BCUT2D eigenvalue weighted by molar-refractivity contribution is 0.324. The summed E-state index contributed by atoms with van der Waals surface area (Å²) in [6.45, 7) is 8.98. The Kier molecular flexibility index (Phi) is 5.83. The molecule has 0 fully saturated rings. The lowest BCUT2D eigenvalue weighted by atomic mass is 9.87. The Morgan fingerprint density at radius 1 is 1.22 bits per heavy atom. The first-order chi connectivity index (χ1) is 8.40. The summed E-state index contributed by atoms with van der Waals surface area (Å²) in [6.07, 6.45) is 4.55. The largest absolute Gasteiger partial charge is 0.271 e. The van der Waals surface area contributed by atoms with Crippen molar-refractivity contribution in [1.82, 2.24) is 5.43 Å². The molecule has 0 heterocycles. The molecule has 18 heavy (non-hydrogen) atoms. The van der Waals surface area contributed by atoms with Gasteiger partial charge in [0.25, 0.3) is 0 Å². The summed E-state index contributed by atoms with van der Waals surface area (Å²) in [5.74, 6) is 5.65. The van der Waals surface area contributed by atoms with Gasteiger partial charge in [-0.2, -0.15) is 0 Å². The fourth-order valence-electron chi connectivity index (χ4n) is 2.13. The van der Waals surface area contributed by atoms with Gasteiger partial charge in [0.05, 0.1) is 0 Å². The molecule has 0 aromatic heterocycles. The number of hydrogen-bond donors (Lipinski definition) is 2. The van der Waals surface area contributed by atoms with Gasteiger partial charge in [0.1, 0.15) is 0 Å². The lowest BCUT2D eigenvalue weighted by Gasteiger charge is -2.22. The maximum atomic E-state index is 5.65. The van der Waals surface area contributed by atoms with Crippen molar-refractivity contribution in [2.24, 2.45) is 11.3 Å². The first-order valence-electron chi connectivity index (χ1n) is 6.92. The number of benzene rings is 1. The smallest absolute Gasteiger partial charge is 0.0213 e. The zero-order valence-corrected chi connectivity index (χ0v) is 12.3. The molecule has 1 aromatic carbocycles. The topological polar surface area (TPSA) is 38.0 Å². The number of rotatable bonds is 6. The number of aryl methyl sites for hydroxylation is 2. The van der Waals surface area contributed by atoms with Gasteiger partial charge >= 0.3 is 0 Å². The van der Waals surface area contributed by atoms with Crippen LogP contribution in [0.2, 0.25) is 0 Å². The second-order valence-electron chi connectivity index (χ2n) is 6.49. The summed E-state index contributed by atoms with van der Waals surface area (Å²) >= 11 is 0. The van der Waals surface area contributed by atoms with Crippen LogP contribution in [-0.4, -0.2) is 6.04 Å². The Bertz CT molecular complexity index is 352. The van der Waals surface area contributed by atoms with E-state index < -0.39 is 0 Å². The maximum Gasteiger partial charge on any atom is 0.0213 e. The van der Waals surface area contributed by atoms with E-state index in [1.165, 1.54) is 17.5 Å². The van der Waals surface area contributed by atoms with E-state index in [9.17, 15) is 0 Å². The van der Waals surface area contributed by atoms with E-state index in [1.807, 2.05) is 0 Å². The zero-order valence-electron chi connectivity index (χ0n) is 12.3. The summed E-state index contributed by atoms with van der Waals surface area (Å²) in [4.78, 5) is 0. The number of hydrogen-bond acceptors (Lipinski definition) is 2. The van der Waals surface area contributed by atoms with Crippen LogP contribution in [0.3, 0.4) is 0 Å². The van der Waals surface area contributed by atoms with Crippen LogP contribution in [0.4, 0.5) is 0 Å². The van der Waals surface area contributed by atoms with Crippen molar-refractivity contribution in [2.75, 3.05) is 0 Å². The highest BCUT2D eigenvalue weighted by atomic mass is 15.2. The molecule has 0 aliphatic rings. The van der Waals surface area contributed by atoms with Crippen molar-refractivity contribution in [2.45, 2.75) is 59.4 Å². The van der Waals surface area contributed by atoms with Gasteiger partial charge in [-0.25, -0.2) is 0 Å². The summed E-state index contributed by atoms with van der Waals surface area (Å²) in [5.41, 5.74) is 6.09. The molecule has 0 aliphatic heterocycles. The van der Waals surface area contributed by atoms with Crippen LogP contribution < -0.4 is 11.3 Å². The molecule has 0 bridgehead atoms. The predicted octanol–water partition coefficient (Wildman–Crippen LogP) is 3.59. The van der Waals surface area contributed by atoms with Gasteiger partial charge in [0.2, 0.25) is 0 Å². The van der Waals surface area contributed by atoms with Gasteiger partial charge in [-0.15, -0.1) is 0 Å². The van der Waals surface area contributed by atoms with E-state index in [1.54, 1.807) is 0 Å².